The van der Waals surface area contributed by atoms with Crippen LogP contribution in [0.2, 0.25) is 0 Å². The lowest BCUT2D eigenvalue weighted by atomic mass is 9.67. The van der Waals surface area contributed by atoms with Gasteiger partial charge in [0.2, 0.25) is 0 Å². The number of nitrogens with zero attached hydrogens (tertiary/aromatic N) is 4. The molecule has 0 aliphatic heterocycles. The van der Waals surface area contributed by atoms with Gasteiger partial charge in [-0.25, -0.2) is 14.8 Å². The Labute approximate surface area is 437 Å². The van der Waals surface area contributed by atoms with Gasteiger partial charge in [0.25, 0.3) is 0 Å². The Hall–Kier alpha value is -9.78. The molecule has 4 nitrogen and oxygen atoms in total. The van der Waals surface area contributed by atoms with Crippen LogP contribution in [0.15, 0.2) is 243 Å². The molecular weight excluding hydrogens is 929 g/mol. The topological polar surface area (TPSA) is 53.9 Å². The average molecular weight is 969 g/mol. The highest BCUT2D eigenvalue weighted by atomic mass is 32.1. The number of thiophene rings is 1. The lowest BCUT2D eigenvalue weighted by Crippen LogP contribution is -2.28. The molecule has 5 heteroatoms. The quantitative estimate of drug-likeness (QED) is 0.123. The summed E-state index contributed by atoms with van der Waals surface area (Å²) in [6.45, 7) is 7.97. The molecular formula is C70H40N4S. The first-order valence-electron chi connectivity index (χ1n) is 25.2. The summed E-state index contributed by atoms with van der Waals surface area (Å²) >= 11 is 1.75. The summed E-state index contributed by atoms with van der Waals surface area (Å²) < 4.78 is 0. The van der Waals surface area contributed by atoms with Crippen molar-refractivity contribution in [3.05, 3.63) is 304 Å². The van der Waals surface area contributed by atoms with Crippen molar-refractivity contribution in [3.8, 4) is 49.2 Å². The highest BCUT2D eigenvalue weighted by Crippen LogP contribution is 2.60. The van der Waals surface area contributed by atoms with Crippen LogP contribution in [-0.4, -0.2) is 9.97 Å². The van der Waals surface area contributed by atoms with Crippen LogP contribution in [0.5, 0.6) is 0 Å². The second-order valence-corrected chi connectivity index (χ2v) is 20.7. The zero-order chi connectivity index (χ0) is 49.8. The molecule has 0 spiro atoms. The Morgan fingerprint density at radius 3 is 1.21 bits per heavy atom. The third-order valence-electron chi connectivity index (χ3n) is 16.1. The Morgan fingerprint density at radius 2 is 0.773 bits per heavy atom. The van der Waals surface area contributed by atoms with E-state index in [1.165, 1.54) is 66.8 Å². The van der Waals surface area contributed by atoms with Crippen LogP contribution in [0.4, 0.5) is 5.69 Å². The van der Waals surface area contributed by atoms with E-state index in [4.69, 9.17) is 16.5 Å². The van der Waals surface area contributed by atoms with Crippen LogP contribution in [0.1, 0.15) is 50.1 Å². The van der Waals surface area contributed by atoms with Gasteiger partial charge >= 0.3 is 0 Å². The molecule has 0 amide bonds. The molecule has 75 heavy (non-hydrogen) atoms. The molecule has 0 radical (unpaired) electrons. The van der Waals surface area contributed by atoms with Crippen LogP contribution in [0, 0.1) is 17.9 Å². The molecule has 0 bridgehead atoms. The smallest absolute Gasteiger partial charge is 0.187 e. The lowest BCUT2D eigenvalue weighted by Gasteiger charge is -2.34. The Balaban J connectivity index is 1.05. The van der Waals surface area contributed by atoms with Crippen molar-refractivity contribution in [2.24, 2.45) is 0 Å². The molecule has 11 aromatic carbocycles. The molecule has 2 aliphatic carbocycles. The van der Waals surface area contributed by atoms with Gasteiger partial charge in [0.15, 0.2) is 5.69 Å². The van der Waals surface area contributed by atoms with Crippen molar-refractivity contribution in [3.63, 3.8) is 0 Å². The minimum atomic E-state index is -0.594. The van der Waals surface area contributed by atoms with E-state index < -0.39 is 10.8 Å². The van der Waals surface area contributed by atoms with E-state index in [0.29, 0.717) is 11.3 Å². The van der Waals surface area contributed by atoms with E-state index in [2.05, 4.69) is 217 Å². The van der Waals surface area contributed by atoms with Gasteiger partial charge < -0.3 is 0 Å². The van der Waals surface area contributed by atoms with E-state index in [1.807, 2.05) is 36.4 Å². The van der Waals surface area contributed by atoms with Gasteiger partial charge in [-0.05, 0) is 119 Å². The predicted molar refractivity (Wildman–Crippen MR) is 306 cm³/mol. The zero-order valence-electron chi connectivity index (χ0n) is 40.3. The Bertz CT molecular complexity index is 4230. The zero-order valence-corrected chi connectivity index (χ0v) is 41.1. The van der Waals surface area contributed by atoms with Gasteiger partial charge in [-0.3, -0.25) is 0 Å². The highest BCUT2D eigenvalue weighted by Gasteiger charge is 2.48. The second kappa shape index (κ2) is 16.4. The maximum Gasteiger partial charge on any atom is 0.187 e. The number of rotatable bonds is 6. The minimum Gasteiger partial charge on any atom is -0.242 e. The Morgan fingerprint density at radius 1 is 0.373 bits per heavy atom. The minimum absolute atomic E-state index is 0.526. The van der Waals surface area contributed by atoms with Gasteiger partial charge in [0.05, 0.1) is 49.8 Å². The fraction of sp³-hybridized carbons (Fsp3) is 0.0286. The Kier molecular flexibility index (Phi) is 9.35. The summed E-state index contributed by atoms with van der Waals surface area (Å²) in [5, 5.41) is 13.7. The van der Waals surface area contributed by atoms with Gasteiger partial charge in [0.1, 0.15) is 11.0 Å². The fourth-order valence-corrected chi connectivity index (χ4v) is 14.1. The number of hydrogen-bond acceptors (Lipinski definition) is 4. The van der Waals surface area contributed by atoms with E-state index in [1.54, 1.807) is 11.3 Å². The monoisotopic (exact) mass is 968 g/mol. The molecule has 0 atom stereocenters. The molecule has 2 heterocycles. The molecule has 13 aromatic rings. The van der Waals surface area contributed by atoms with E-state index in [9.17, 15) is 5.26 Å². The van der Waals surface area contributed by atoms with E-state index in [-0.39, 0.29) is 0 Å². The van der Waals surface area contributed by atoms with E-state index >= 15 is 0 Å². The number of fused-ring (bicyclic) bond motifs is 13. The van der Waals surface area contributed by atoms with Crippen molar-refractivity contribution < 1.29 is 0 Å². The molecule has 15 rings (SSSR count). The number of hydrogen-bond donors (Lipinski definition) is 0. The van der Waals surface area contributed by atoms with Crippen molar-refractivity contribution in [2.75, 3.05) is 0 Å². The fourth-order valence-electron chi connectivity index (χ4n) is 13.0. The maximum atomic E-state index is 10.2. The average Bonchev–Trinajstić information content (AvgIpc) is 4.27. The summed E-state index contributed by atoms with van der Waals surface area (Å²) in [5.74, 6) is 0. The number of aromatic nitrogens is 2. The number of benzene rings is 11. The molecule has 2 aromatic heterocycles. The first kappa shape index (κ1) is 42.9. The first-order chi connectivity index (χ1) is 37.1. The molecule has 346 valence electrons. The van der Waals surface area contributed by atoms with Crippen LogP contribution in [0.3, 0.4) is 0 Å². The molecule has 0 N–H and O–H groups in total. The van der Waals surface area contributed by atoms with Crippen molar-refractivity contribution in [1.29, 1.82) is 5.26 Å². The molecule has 0 saturated carbocycles. The largest absolute Gasteiger partial charge is 0.242 e. The SMILES string of the molecule is [C-]#[N+]c1ccc2c(c1)c1cc(C#N)ccc1c1nc3c(-c4ccc5c(c4)C(c4ccccc4)(c4ccccc4)c4ccccc4-5)sc(-c4ccc5c(c4)C(c4ccccc4)(c4ccccc4)c4ccccc4-5)c3nc21. The summed E-state index contributed by atoms with van der Waals surface area (Å²) in [4.78, 5) is 17.5. The molecule has 0 unspecified atom stereocenters. The maximum absolute atomic E-state index is 10.2. The van der Waals surface area contributed by atoms with Gasteiger partial charge in [0, 0.05) is 10.8 Å². The second-order valence-electron chi connectivity index (χ2n) is 19.7. The van der Waals surface area contributed by atoms with Crippen molar-refractivity contribution in [1.82, 2.24) is 9.97 Å². The molecule has 0 fully saturated rings. The third-order valence-corrected chi connectivity index (χ3v) is 17.3. The van der Waals surface area contributed by atoms with Gasteiger partial charge in [-0.1, -0.05) is 212 Å². The lowest BCUT2D eigenvalue weighted by molar-refractivity contribution is 0.769. The van der Waals surface area contributed by atoms with Crippen LogP contribution < -0.4 is 0 Å². The summed E-state index contributed by atoms with van der Waals surface area (Å²) in [6.07, 6.45) is 0. The summed E-state index contributed by atoms with van der Waals surface area (Å²) in [5.41, 5.74) is 19.8. The predicted octanol–water partition coefficient (Wildman–Crippen LogP) is 17.6. The van der Waals surface area contributed by atoms with Gasteiger partial charge in [-0.2, -0.15) is 5.26 Å². The van der Waals surface area contributed by atoms with Crippen LogP contribution >= 0.6 is 11.3 Å². The normalized spacial score (nSPS) is 13.5. The highest BCUT2D eigenvalue weighted by molar-refractivity contribution is 7.20. The van der Waals surface area contributed by atoms with Gasteiger partial charge in [-0.15, -0.1) is 11.3 Å². The molecule has 0 saturated heterocycles. The summed E-state index contributed by atoms with van der Waals surface area (Å²) in [7, 11) is 0. The van der Waals surface area contributed by atoms with E-state index in [0.717, 1.165) is 64.5 Å². The standard InChI is InChI=1S/C70H40N4S/c1-72-50-33-37-56-58(41-50)57-38-43(42-71)30-34-55(57)63-64(56)74-66-65(73-63)67(44-31-35-53-51-26-14-16-28-59(51)69(61(53)39-44,46-18-6-2-7-19-46)47-20-8-3-9-21-47)75-68(66)45-32-36-54-52-27-15-17-29-60(52)70(62(54)40-45,48-22-10-4-11-23-48)49-24-12-5-13-25-49/h2-41H. The third kappa shape index (κ3) is 5.96. The van der Waals surface area contributed by atoms with Crippen molar-refractivity contribution >= 4 is 60.6 Å². The van der Waals surface area contributed by atoms with Crippen LogP contribution in [-0.2, 0) is 10.8 Å². The molecule has 2 aliphatic rings. The summed E-state index contributed by atoms with van der Waals surface area (Å²) in [6, 6.07) is 89.5. The number of nitriles is 1. The van der Waals surface area contributed by atoms with Crippen molar-refractivity contribution in [2.45, 2.75) is 10.8 Å². The first-order valence-corrected chi connectivity index (χ1v) is 26.0. The van der Waals surface area contributed by atoms with Crippen LogP contribution in [0.25, 0.3) is 91.6 Å².